The second-order valence-corrected chi connectivity index (χ2v) is 11.6. The Morgan fingerprint density at radius 3 is 2.12 bits per heavy atom. The average molecular weight is 526 g/mol. The Labute approximate surface area is 237 Å². The van der Waals surface area contributed by atoms with Gasteiger partial charge in [-0.15, -0.1) is 0 Å². The Morgan fingerprint density at radius 1 is 0.561 bits per heavy atom. The SMILES string of the molecule is CC1(C)c2ccc3c(c2-c2ccc4ccccc4c21)c1ccccc1n3-c1nc2ccccc2n1-c1ccccc1. The van der Waals surface area contributed by atoms with E-state index in [1.807, 2.05) is 0 Å². The molecule has 41 heavy (non-hydrogen) atoms. The molecule has 8 aromatic rings. The van der Waals surface area contributed by atoms with Crippen LogP contribution in [-0.4, -0.2) is 14.1 Å². The third kappa shape index (κ3) is 2.90. The van der Waals surface area contributed by atoms with E-state index in [1.54, 1.807) is 0 Å². The molecular weight excluding hydrogens is 498 g/mol. The van der Waals surface area contributed by atoms with Crippen LogP contribution in [0.4, 0.5) is 0 Å². The van der Waals surface area contributed by atoms with Crippen molar-refractivity contribution >= 4 is 43.6 Å². The number of rotatable bonds is 2. The van der Waals surface area contributed by atoms with Crippen LogP contribution in [-0.2, 0) is 5.41 Å². The zero-order valence-corrected chi connectivity index (χ0v) is 23.0. The van der Waals surface area contributed by atoms with E-state index in [9.17, 15) is 0 Å². The molecule has 2 aromatic heterocycles. The molecule has 0 spiro atoms. The molecule has 3 nitrogen and oxygen atoms in total. The van der Waals surface area contributed by atoms with Gasteiger partial charge >= 0.3 is 0 Å². The second-order valence-electron chi connectivity index (χ2n) is 11.6. The molecule has 0 N–H and O–H groups in total. The van der Waals surface area contributed by atoms with Gasteiger partial charge in [0.15, 0.2) is 0 Å². The largest absolute Gasteiger partial charge is 0.279 e. The monoisotopic (exact) mass is 525 g/mol. The van der Waals surface area contributed by atoms with E-state index in [-0.39, 0.29) is 5.41 Å². The molecule has 1 aliphatic rings. The maximum absolute atomic E-state index is 5.27. The number of benzene rings is 6. The fraction of sp³-hybridized carbons (Fsp3) is 0.0789. The Bertz CT molecular complexity index is 2330. The predicted octanol–water partition coefficient (Wildman–Crippen LogP) is 9.58. The normalized spacial score (nSPS) is 13.8. The van der Waals surface area contributed by atoms with E-state index in [0.717, 1.165) is 28.2 Å². The van der Waals surface area contributed by atoms with Crippen molar-refractivity contribution in [3.63, 3.8) is 0 Å². The fourth-order valence-electron chi connectivity index (χ4n) is 7.36. The minimum Gasteiger partial charge on any atom is -0.279 e. The molecule has 0 unspecified atom stereocenters. The van der Waals surface area contributed by atoms with E-state index in [2.05, 4.69) is 150 Å². The van der Waals surface area contributed by atoms with Gasteiger partial charge in [-0.1, -0.05) is 105 Å². The number of imidazole rings is 1. The molecule has 0 atom stereocenters. The van der Waals surface area contributed by atoms with Gasteiger partial charge in [-0.3, -0.25) is 9.13 Å². The molecule has 0 saturated heterocycles. The van der Waals surface area contributed by atoms with E-state index in [4.69, 9.17) is 4.98 Å². The van der Waals surface area contributed by atoms with Gasteiger partial charge in [0.2, 0.25) is 5.95 Å². The summed E-state index contributed by atoms with van der Waals surface area (Å²) in [7, 11) is 0. The smallest absolute Gasteiger partial charge is 0.220 e. The van der Waals surface area contributed by atoms with Crippen LogP contribution in [0, 0.1) is 0 Å². The van der Waals surface area contributed by atoms with Crippen LogP contribution in [0.15, 0.2) is 127 Å². The Kier molecular flexibility index (Phi) is 4.39. The Balaban J connectivity index is 1.45. The van der Waals surface area contributed by atoms with Gasteiger partial charge in [0, 0.05) is 21.9 Å². The minimum absolute atomic E-state index is 0.111. The summed E-state index contributed by atoms with van der Waals surface area (Å²) in [5.74, 6) is 0.902. The van der Waals surface area contributed by atoms with Gasteiger partial charge in [0.1, 0.15) is 0 Å². The molecule has 194 valence electrons. The molecule has 6 aromatic carbocycles. The predicted molar refractivity (Wildman–Crippen MR) is 170 cm³/mol. The summed E-state index contributed by atoms with van der Waals surface area (Å²) in [5.41, 5.74) is 10.9. The van der Waals surface area contributed by atoms with Crippen molar-refractivity contribution in [2.45, 2.75) is 19.3 Å². The summed E-state index contributed by atoms with van der Waals surface area (Å²) in [6, 6.07) is 45.9. The van der Waals surface area contributed by atoms with Crippen LogP contribution in [0.25, 0.3) is 66.4 Å². The molecule has 0 amide bonds. The lowest BCUT2D eigenvalue weighted by atomic mass is 9.80. The lowest BCUT2D eigenvalue weighted by Gasteiger charge is -2.23. The molecule has 0 aliphatic heterocycles. The quantitative estimate of drug-likeness (QED) is 0.220. The van der Waals surface area contributed by atoms with Crippen molar-refractivity contribution in [1.29, 1.82) is 0 Å². The molecule has 2 heterocycles. The third-order valence-electron chi connectivity index (χ3n) is 9.09. The molecule has 1 aliphatic carbocycles. The highest BCUT2D eigenvalue weighted by Crippen LogP contribution is 2.55. The van der Waals surface area contributed by atoms with Crippen LogP contribution < -0.4 is 0 Å². The minimum atomic E-state index is -0.111. The van der Waals surface area contributed by atoms with Crippen LogP contribution in [0.5, 0.6) is 0 Å². The van der Waals surface area contributed by atoms with E-state index in [0.29, 0.717) is 0 Å². The van der Waals surface area contributed by atoms with Crippen LogP contribution in [0.1, 0.15) is 25.0 Å². The zero-order valence-electron chi connectivity index (χ0n) is 23.0. The van der Waals surface area contributed by atoms with Crippen molar-refractivity contribution in [2.24, 2.45) is 0 Å². The molecule has 0 radical (unpaired) electrons. The average Bonchev–Trinajstić information content (AvgIpc) is 3.63. The molecular formula is C38H27N3. The van der Waals surface area contributed by atoms with Crippen molar-refractivity contribution in [1.82, 2.24) is 14.1 Å². The van der Waals surface area contributed by atoms with Gasteiger partial charge in [0.25, 0.3) is 0 Å². The number of para-hydroxylation sites is 4. The van der Waals surface area contributed by atoms with Crippen LogP contribution in [0.3, 0.4) is 0 Å². The Morgan fingerprint density at radius 2 is 1.27 bits per heavy atom. The number of aromatic nitrogens is 3. The van der Waals surface area contributed by atoms with Crippen LogP contribution >= 0.6 is 0 Å². The summed E-state index contributed by atoms with van der Waals surface area (Å²) in [5, 5.41) is 5.19. The zero-order chi connectivity index (χ0) is 27.3. The summed E-state index contributed by atoms with van der Waals surface area (Å²) in [4.78, 5) is 5.27. The van der Waals surface area contributed by atoms with Gasteiger partial charge in [0.05, 0.1) is 22.1 Å². The van der Waals surface area contributed by atoms with Crippen molar-refractivity contribution < 1.29 is 0 Å². The van der Waals surface area contributed by atoms with E-state index in [1.165, 1.54) is 49.3 Å². The van der Waals surface area contributed by atoms with E-state index >= 15 is 0 Å². The van der Waals surface area contributed by atoms with Gasteiger partial charge < -0.3 is 0 Å². The first-order chi connectivity index (χ1) is 20.1. The molecule has 3 heteroatoms. The molecule has 0 fully saturated rings. The van der Waals surface area contributed by atoms with Gasteiger partial charge in [-0.2, -0.15) is 0 Å². The first kappa shape index (κ1) is 22.6. The molecule has 0 saturated carbocycles. The van der Waals surface area contributed by atoms with Crippen molar-refractivity contribution in [3.05, 3.63) is 139 Å². The first-order valence-electron chi connectivity index (χ1n) is 14.3. The maximum atomic E-state index is 5.27. The topological polar surface area (TPSA) is 22.8 Å². The summed E-state index contributed by atoms with van der Waals surface area (Å²) >= 11 is 0. The summed E-state index contributed by atoms with van der Waals surface area (Å²) in [6.07, 6.45) is 0. The van der Waals surface area contributed by atoms with Crippen molar-refractivity contribution in [2.75, 3.05) is 0 Å². The highest BCUT2D eigenvalue weighted by molar-refractivity contribution is 6.19. The second kappa shape index (κ2) is 7.96. The van der Waals surface area contributed by atoms with Crippen molar-refractivity contribution in [3.8, 4) is 22.8 Å². The fourth-order valence-corrected chi connectivity index (χ4v) is 7.36. The number of hydrogen-bond donors (Lipinski definition) is 0. The Hall–Kier alpha value is -5.15. The highest BCUT2D eigenvalue weighted by atomic mass is 15.2. The number of hydrogen-bond acceptors (Lipinski definition) is 1. The number of nitrogens with zero attached hydrogens (tertiary/aromatic N) is 3. The number of fused-ring (bicyclic) bond motifs is 10. The molecule has 0 bridgehead atoms. The first-order valence-corrected chi connectivity index (χ1v) is 14.3. The maximum Gasteiger partial charge on any atom is 0.220 e. The summed E-state index contributed by atoms with van der Waals surface area (Å²) in [6.45, 7) is 4.76. The third-order valence-corrected chi connectivity index (χ3v) is 9.09. The lowest BCUT2D eigenvalue weighted by molar-refractivity contribution is 0.666. The van der Waals surface area contributed by atoms with Gasteiger partial charge in [-0.05, 0) is 69.4 Å². The van der Waals surface area contributed by atoms with E-state index < -0.39 is 0 Å². The standard InChI is InChI=1S/C38H27N3/c1-38(2)29-22-23-33-35(34(29)28-21-20-24-12-6-7-15-26(24)36(28)38)27-16-8-10-18-31(27)41(33)37-39-30-17-9-11-19-32(30)40(37)25-13-4-3-5-14-25/h3-23H,1-2H3. The van der Waals surface area contributed by atoms with Crippen LogP contribution in [0.2, 0.25) is 0 Å². The highest BCUT2D eigenvalue weighted by Gasteiger charge is 2.39. The lowest BCUT2D eigenvalue weighted by Crippen LogP contribution is -2.15. The summed E-state index contributed by atoms with van der Waals surface area (Å²) < 4.78 is 4.66. The molecule has 9 rings (SSSR count). The van der Waals surface area contributed by atoms with Gasteiger partial charge in [-0.25, -0.2) is 4.98 Å².